The van der Waals surface area contributed by atoms with Crippen LogP contribution in [0.2, 0.25) is 0 Å². The number of hydrogen-bond donors (Lipinski definition) is 2. The Kier molecular flexibility index (Phi) is 6.40. The third-order valence-electron chi connectivity index (χ3n) is 7.05. The number of nitrogens with one attached hydrogen (secondary N) is 1. The first-order chi connectivity index (χ1) is 19.0. The van der Waals surface area contributed by atoms with Gasteiger partial charge in [-0.05, 0) is 72.0 Å². The number of amides is 2. The number of carbonyl (C=O) groups is 2. The SMILES string of the molecule is Cn1cc(C(=O)N2CCc3cc4ccc3C2c2cccc(c2)OCCCNC(=O)c2cc(ccc2O)O4)cn1. The summed E-state index contributed by atoms with van der Waals surface area (Å²) in [6.45, 7) is 1.29. The van der Waals surface area contributed by atoms with Gasteiger partial charge in [0.05, 0.1) is 30.0 Å². The van der Waals surface area contributed by atoms with E-state index in [4.69, 9.17) is 9.47 Å². The number of carbonyl (C=O) groups excluding carboxylic acids is 2. The molecule has 198 valence electrons. The van der Waals surface area contributed by atoms with Crippen molar-refractivity contribution in [2.45, 2.75) is 18.9 Å². The van der Waals surface area contributed by atoms with Gasteiger partial charge in [0.1, 0.15) is 23.0 Å². The zero-order valence-corrected chi connectivity index (χ0v) is 21.5. The number of hydrogen-bond acceptors (Lipinski definition) is 6. The van der Waals surface area contributed by atoms with E-state index in [1.807, 2.05) is 47.4 Å². The summed E-state index contributed by atoms with van der Waals surface area (Å²) in [6, 6.07) is 17.9. The molecule has 9 nitrogen and oxygen atoms in total. The number of nitrogens with zero attached hydrogens (tertiary/aromatic N) is 3. The van der Waals surface area contributed by atoms with Crippen LogP contribution < -0.4 is 14.8 Å². The quantitative estimate of drug-likeness (QED) is 0.386. The highest BCUT2D eigenvalue weighted by Gasteiger charge is 2.33. The third kappa shape index (κ3) is 4.90. The molecule has 4 aromatic rings. The predicted molar refractivity (Wildman–Crippen MR) is 143 cm³/mol. The van der Waals surface area contributed by atoms with Crippen molar-refractivity contribution in [1.29, 1.82) is 0 Å². The van der Waals surface area contributed by atoms with E-state index in [0.717, 1.165) is 16.7 Å². The minimum absolute atomic E-state index is 0.0834. The Hall–Kier alpha value is -4.79. The third-order valence-corrected chi connectivity index (χ3v) is 7.05. The highest BCUT2D eigenvalue weighted by molar-refractivity contribution is 5.97. The van der Waals surface area contributed by atoms with Gasteiger partial charge in [0.15, 0.2) is 0 Å². The summed E-state index contributed by atoms with van der Waals surface area (Å²) >= 11 is 0. The van der Waals surface area contributed by atoms with Gasteiger partial charge in [-0.3, -0.25) is 14.3 Å². The molecule has 0 saturated heterocycles. The molecule has 3 aromatic carbocycles. The smallest absolute Gasteiger partial charge is 0.257 e. The van der Waals surface area contributed by atoms with E-state index < -0.39 is 0 Å². The first kappa shape index (κ1) is 24.5. The first-order valence-corrected chi connectivity index (χ1v) is 12.9. The molecule has 0 radical (unpaired) electrons. The predicted octanol–water partition coefficient (Wildman–Crippen LogP) is 4.22. The van der Waals surface area contributed by atoms with E-state index in [1.54, 1.807) is 30.2 Å². The lowest BCUT2D eigenvalue weighted by Gasteiger charge is -2.38. The van der Waals surface area contributed by atoms with Crippen LogP contribution in [0.15, 0.2) is 73.1 Å². The highest BCUT2D eigenvalue weighted by Crippen LogP contribution is 2.39. The molecule has 9 heteroatoms. The lowest BCUT2D eigenvalue weighted by molar-refractivity contribution is 0.0694. The number of rotatable bonds is 1. The zero-order valence-electron chi connectivity index (χ0n) is 21.5. The van der Waals surface area contributed by atoms with Gasteiger partial charge < -0.3 is 24.8 Å². The number of fused-ring (bicyclic) bond motifs is 6. The van der Waals surface area contributed by atoms with Gasteiger partial charge >= 0.3 is 0 Å². The van der Waals surface area contributed by atoms with Crippen LogP contribution in [0.1, 0.15) is 49.9 Å². The molecule has 0 aliphatic carbocycles. The maximum absolute atomic E-state index is 13.7. The van der Waals surface area contributed by atoms with Crippen LogP contribution >= 0.6 is 0 Å². The topological polar surface area (TPSA) is 106 Å². The number of aryl methyl sites for hydroxylation is 1. The minimum atomic E-state index is -0.382. The molecule has 2 amide bonds. The maximum atomic E-state index is 13.7. The van der Waals surface area contributed by atoms with Crippen molar-refractivity contribution in [3.8, 4) is 23.0 Å². The van der Waals surface area contributed by atoms with Crippen LogP contribution in [-0.4, -0.2) is 51.3 Å². The van der Waals surface area contributed by atoms with Crippen molar-refractivity contribution in [2.75, 3.05) is 19.7 Å². The second kappa shape index (κ2) is 10.2. The number of ether oxygens (including phenoxy) is 2. The summed E-state index contributed by atoms with van der Waals surface area (Å²) < 4.78 is 13.8. The average Bonchev–Trinajstić information content (AvgIpc) is 3.38. The lowest BCUT2D eigenvalue weighted by Crippen LogP contribution is -2.40. The number of phenols is 1. The zero-order chi connectivity index (χ0) is 26.9. The fourth-order valence-corrected chi connectivity index (χ4v) is 5.17. The summed E-state index contributed by atoms with van der Waals surface area (Å²) in [5.41, 5.74) is 3.70. The number of phenolic OH excluding ortho intramolecular Hbond substituents is 1. The molecule has 0 saturated carbocycles. The van der Waals surface area contributed by atoms with Crippen LogP contribution in [0, 0.1) is 0 Å². The van der Waals surface area contributed by atoms with E-state index in [9.17, 15) is 14.7 Å². The molecule has 8 bridgehead atoms. The number of aromatic nitrogens is 2. The molecule has 1 atom stereocenters. The molecule has 1 unspecified atom stereocenters. The summed E-state index contributed by atoms with van der Waals surface area (Å²) in [4.78, 5) is 28.2. The van der Waals surface area contributed by atoms with E-state index in [0.29, 0.717) is 55.4 Å². The molecule has 1 aromatic heterocycles. The molecule has 4 heterocycles. The van der Waals surface area contributed by atoms with E-state index in [2.05, 4.69) is 10.4 Å². The Morgan fingerprint density at radius 2 is 1.92 bits per heavy atom. The number of aromatic hydroxyl groups is 1. The van der Waals surface area contributed by atoms with E-state index >= 15 is 0 Å². The molecule has 3 aliphatic heterocycles. The maximum Gasteiger partial charge on any atom is 0.257 e. The Bertz CT molecular complexity index is 1560. The lowest BCUT2D eigenvalue weighted by atomic mass is 9.87. The van der Waals surface area contributed by atoms with Crippen LogP contribution in [0.25, 0.3) is 0 Å². The monoisotopic (exact) mass is 524 g/mol. The van der Waals surface area contributed by atoms with Crippen LogP contribution in [0.5, 0.6) is 23.0 Å². The molecule has 39 heavy (non-hydrogen) atoms. The average molecular weight is 525 g/mol. The van der Waals surface area contributed by atoms with Crippen LogP contribution in [0.4, 0.5) is 0 Å². The minimum Gasteiger partial charge on any atom is -0.507 e. The van der Waals surface area contributed by atoms with Gasteiger partial charge in [0.25, 0.3) is 11.8 Å². The molecular formula is C30H28N4O5. The molecule has 2 N–H and O–H groups in total. The number of benzene rings is 3. The summed E-state index contributed by atoms with van der Waals surface area (Å²) in [7, 11) is 1.80. The second-order valence-corrected chi connectivity index (χ2v) is 9.73. The van der Waals surface area contributed by atoms with Crippen LogP contribution in [0.3, 0.4) is 0 Å². The van der Waals surface area contributed by atoms with Gasteiger partial charge in [-0.15, -0.1) is 0 Å². The molecule has 0 fully saturated rings. The van der Waals surface area contributed by atoms with Crippen LogP contribution in [-0.2, 0) is 13.5 Å². The summed E-state index contributed by atoms with van der Waals surface area (Å²) in [6.07, 6.45) is 4.56. The fraction of sp³-hybridized carbons (Fsp3) is 0.233. The van der Waals surface area contributed by atoms with Gasteiger partial charge in [-0.2, -0.15) is 5.10 Å². The highest BCUT2D eigenvalue weighted by atomic mass is 16.5. The van der Waals surface area contributed by atoms with Crippen molar-refractivity contribution in [3.05, 3.63) is 101 Å². The summed E-state index contributed by atoms with van der Waals surface area (Å²) in [5, 5.41) is 17.3. The molecule has 3 aliphatic rings. The van der Waals surface area contributed by atoms with E-state index in [-0.39, 0.29) is 29.2 Å². The van der Waals surface area contributed by atoms with Crippen molar-refractivity contribution < 1.29 is 24.2 Å². The van der Waals surface area contributed by atoms with Crippen molar-refractivity contribution in [1.82, 2.24) is 20.0 Å². The normalized spacial score (nSPS) is 16.9. The van der Waals surface area contributed by atoms with Gasteiger partial charge in [-0.1, -0.05) is 18.2 Å². The Balaban J connectivity index is 1.43. The summed E-state index contributed by atoms with van der Waals surface area (Å²) in [5.74, 6) is 1.15. The second-order valence-electron chi connectivity index (χ2n) is 9.73. The van der Waals surface area contributed by atoms with E-state index in [1.165, 1.54) is 12.1 Å². The fourth-order valence-electron chi connectivity index (χ4n) is 5.17. The van der Waals surface area contributed by atoms with Crippen molar-refractivity contribution in [3.63, 3.8) is 0 Å². The standard InChI is InChI=1S/C30H28N4O5/c1-33-18-21(17-32-33)30(37)34-12-10-19-14-23-6-8-25(19)28(34)20-4-2-5-22(15-20)38-13-3-11-31-29(36)26-16-24(39-23)7-9-27(26)35/h2,4-9,14-18,28,35H,3,10-13H2,1H3,(H,31,36). The Morgan fingerprint density at radius 1 is 1.08 bits per heavy atom. The first-order valence-electron chi connectivity index (χ1n) is 12.9. The van der Waals surface area contributed by atoms with Gasteiger partial charge in [0.2, 0.25) is 0 Å². The Morgan fingerprint density at radius 3 is 2.77 bits per heavy atom. The Labute approximate surface area is 225 Å². The van der Waals surface area contributed by atoms with Gasteiger partial charge in [0, 0.05) is 26.3 Å². The van der Waals surface area contributed by atoms with Crippen molar-refractivity contribution >= 4 is 11.8 Å². The molecule has 0 spiro atoms. The van der Waals surface area contributed by atoms with Crippen molar-refractivity contribution in [2.24, 2.45) is 7.05 Å². The molecule has 7 rings (SSSR count). The van der Waals surface area contributed by atoms with Gasteiger partial charge in [-0.25, -0.2) is 0 Å². The largest absolute Gasteiger partial charge is 0.507 e. The molecular weight excluding hydrogens is 496 g/mol.